The van der Waals surface area contributed by atoms with Crippen molar-refractivity contribution in [3.63, 3.8) is 0 Å². The molecular weight excluding hydrogens is 260 g/mol. The number of rotatable bonds is 7. The second-order valence-electron chi connectivity index (χ2n) is 4.13. The number of carbonyl (C=O) groups excluding carboxylic acids is 1. The highest BCUT2D eigenvalue weighted by Crippen LogP contribution is 2.06. The number of aryl methyl sites for hydroxylation is 1. The van der Waals surface area contributed by atoms with Gasteiger partial charge in [0, 0.05) is 12.6 Å². The van der Waals surface area contributed by atoms with Crippen LogP contribution in [0.25, 0.3) is 0 Å². The SMILES string of the molecule is O=C(CCCc1ccccc1)NOCc1ccns1. The lowest BCUT2D eigenvalue weighted by Crippen LogP contribution is -2.23. The summed E-state index contributed by atoms with van der Waals surface area (Å²) in [5, 5.41) is 0. The highest BCUT2D eigenvalue weighted by atomic mass is 32.1. The highest BCUT2D eigenvalue weighted by Gasteiger charge is 2.02. The molecule has 1 amide bonds. The zero-order valence-corrected chi connectivity index (χ0v) is 11.4. The number of amides is 1. The van der Waals surface area contributed by atoms with Crippen molar-refractivity contribution >= 4 is 17.4 Å². The van der Waals surface area contributed by atoms with Crippen LogP contribution >= 0.6 is 11.5 Å². The lowest BCUT2D eigenvalue weighted by Gasteiger charge is -2.04. The van der Waals surface area contributed by atoms with Gasteiger partial charge in [-0.05, 0) is 36.0 Å². The summed E-state index contributed by atoms with van der Waals surface area (Å²) in [5.41, 5.74) is 3.70. The Balaban J connectivity index is 1.57. The minimum Gasteiger partial charge on any atom is -0.273 e. The van der Waals surface area contributed by atoms with E-state index in [2.05, 4.69) is 22.0 Å². The average molecular weight is 276 g/mol. The number of hydrogen-bond acceptors (Lipinski definition) is 4. The van der Waals surface area contributed by atoms with Crippen LogP contribution in [0.2, 0.25) is 0 Å². The van der Waals surface area contributed by atoms with E-state index in [-0.39, 0.29) is 5.91 Å². The zero-order valence-electron chi connectivity index (χ0n) is 10.5. The lowest BCUT2D eigenvalue weighted by molar-refractivity contribution is -0.134. The number of aromatic nitrogens is 1. The molecule has 2 aromatic rings. The summed E-state index contributed by atoms with van der Waals surface area (Å²) in [7, 11) is 0. The maximum absolute atomic E-state index is 11.5. The lowest BCUT2D eigenvalue weighted by atomic mass is 10.1. The highest BCUT2D eigenvalue weighted by molar-refractivity contribution is 7.05. The van der Waals surface area contributed by atoms with E-state index in [1.54, 1.807) is 6.20 Å². The van der Waals surface area contributed by atoms with E-state index < -0.39 is 0 Å². The third-order valence-electron chi connectivity index (χ3n) is 2.60. The minimum absolute atomic E-state index is 0.0829. The maximum Gasteiger partial charge on any atom is 0.243 e. The van der Waals surface area contributed by atoms with Crippen LogP contribution in [0.4, 0.5) is 0 Å². The number of benzene rings is 1. The van der Waals surface area contributed by atoms with Gasteiger partial charge in [0.15, 0.2) is 0 Å². The Morgan fingerprint density at radius 2 is 2.11 bits per heavy atom. The fraction of sp³-hybridized carbons (Fsp3) is 0.286. The second-order valence-corrected chi connectivity index (χ2v) is 5.05. The molecule has 5 heteroatoms. The summed E-state index contributed by atoms with van der Waals surface area (Å²) in [5.74, 6) is -0.0829. The summed E-state index contributed by atoms with van der Waals surface area (Å²) in [6.45, 7) is 0.370. The zero-order chi connectivity index (χ0) is 13.3. The van der Waals surface area contributed by atoms with E-state index in [4.69, 9.17) is 4.84 Å². The van der Waals surface area contributed by atoms with Crippen LogP contribution in [0.1, 0.15) is 23.3 Å². The largest absolute Gasteiger partial charge is 0.273 e. The van der Waals surface area contributed by atoms with Crippen molar-refractivity contribution in [3.05, 3.63) is 53.0 Å². The topological polar surface area (TPSA) is 51.2 Å². The molecule has 2 rings (SSSR count). The van der Waals surface area contributed by atoms with Gasteiger partial charge in [0.25, 0.3) is 0 Å². The average Bonchev–Trinajstić information content (AvgIpc) is 2.93. The molecule has 0 bridgehead atoms. The first kappa shape index (κ1) is 13.7. The summed E-state index contributed by atoms with van der Waals surface area (Å²) >= 11 is 1.36. The van der Waals surface area contributed by atoms with Crippen molar-refractivity contribution < 1.29 is 9.63 Å². The van der Waals surface area contributed by atoms with Gasteiger partial charge in [-0.25, -0.2) is 9.85 Å². The second kappa shape index (κ2) is 7.66. The van der Waals surface area contributed by atoms with Crippen LogP contribution in [0.5, 0.6) is 0 Å². The van der Waals surface area contributed by atoms with E-state index >= 15 is 0 Å². The Hall–Kier alpha value is -1.72. The molecule has 1 heterocycles. The molecule has 0 aliphatic carbocycles. The predicted molar refractivity (Wildman–Crippen MR) is 74.4 cm³/mol. The fourth-order valence-electron chi connectivity index (χ4n) is 1.65. The predicted octanol–water partition coefficient (Wildman–Crippen LogP) is 2.71. The van der Waals surface area contributed by atoms with Crippen molar-refractivity contribution in [1.29, 1.82) is 0 Å². The molecule has 0 aliphatic heterocycles. The third kappa shape index (κ3) is 5.19. The van der Waals surface area contributed by atoms with Gasteiger partial charge < -0.3 is 0 Å². The third-order valence-corrected chi connectivity index (χ3v) is 3.32. The Morgan fingerprint density at radius 3 is 2.84 bits per heavy atom. The van der Waals surface area contributed by atoms with Gasteiger partial charge >= 0.3 is 0 Å². The van der Waals surface area contributed by atoms with E-state index in [1.807, 2.05) is 24.3 Å². The standard InChI is InChI=1S/C14H16N2O2S/c17-14(16-18-11-13-9-10-15-19-13)8-4-7-12-5-2-1-3-6-12/h1-3,5-6,9-10H,4,7-8,11H2,(H,16,17). The van der Waals surface area contributed by atoms with Gasteiger partial charge in [-0.15, -0.1) is 0 Å². The molecular formula is C14H16N2O2S. The van der Waals surface area contributed by atoms with E-state index in [0.717, 1.165) is 17.7 Å². The minimum atomic E-state index is -0.0829. The molecule has 4 nitrogen and oxygen atoms in total. The Labute approximate surface area is 116 Å². The van der Waals surface area contributed by atoms with Gasteiger partial charge in [-0.1, -0.05) is 30.3 Å². The molecule has 0 spiro atoms. The molecule has 100 valence electrons. The van der Waals surface area contributed by atoms with Crippen molar-refractivity contribution in [2.45, 2.75) is 25.9 Å². The number of hydrogen-bond donors (Lipinski definition) is 1. The van der Waals surface area contributed by atoms with Gasteiger partial charge in [0.2, 0.25) is 5.91 Å². The Morgan fingerprint density at radius 1 is 1.26 bits per heavy atom. The van der Waals surface area contributed by atoms with Gasteiger partial charge in [-0.3, -0.25) is 9.63 Å². The van der Waals surface area contributed by atoms with Crippen molar-refractivity contribution in [3.8, 4) is 0 Å². The van der Waals surface area contributed by atoms with E-state index in [0.29, 0.717) is 13.0 Å². The fourth-order valence-corrected chi connectivity index (χ4v) is 2.14. The first-order valence-electron chi connectivity index (χ1n) is 6.19. The summed E-state index contributed by atoms with van der Waals surface area (Å²) in [6.07, 6.45) is 3.91. The molecule has 0 saturated carbocycles. The normalized spacial score (nSPS) is 10.3. The molecule has 1 aromatic carbocycles. The van der Waals surface area contributed by atoms with E-state index in [9.17, 15) is 4.79 Å². The number of carbonyl (C=O) groups is 1. The van der Waals surface area contributed by atoms with E-state index in [1.165, 1.54) is 17.1 Å². The summed E-state index contributed by atoms with van der Waals surface area (Å²) < 4.78 is 3.95. The first-order valence-corrected chi connectivity index (χ1v) is 6.96. The van der Waals surface area contributed by atoms with Crippen molar-refractivity contribution in [2.75, 3.05) is 0 Å². The van der Waals surface area contributed by atoms with Crippen LogP contribution in [-0.2, 0) is 22.7 Å². The quantitative estimate of drug-likeness (QED) is 0.791. The van der Waals surface area contributed by atoms with Crippen LogP contribution in [0, 0.1) is 0 Å². The Bertz CT molecular complexity index is 485. The van der Waals surface area contributed by atoms with Crippen molar-refractivity contribution in [1.82, 2.24) is 9.85 Å². The van der Waals surface area contributed by atoms with Crippen molar-refractivity contribution in [2.24, 2.45) is 0 Å². The van der Waals surface area contributed by atoms with Crippen LogP contribution in [-0.4, -0.2) is 10.3 Å². The molecule has 0 aliphatic rings. The van der Waals surface area contributed by atoms with Gasteiger partial charge in [0.1, 0.15) is 6.61 Å². The molecule has 0 radical (unpaired) electrons. The van der Waals surface area contributed by atoms with Crippen LogP contribution in [0.3, 0.4) is 0 Å². The van der Waals surface area contributed by atoms with Crippen LogP contribution < -0.4 is 5.48 Å². The number of nitrogens with one attached hydrogen (secondary N) is 1. The monoisotopic (exact) mass is 276 g/mol. The smallest absolute Gasteiger partial charge is 0.243 e. The van der Waals surface area contributed by atoms with Crippen LogP contribution in [0.15, 0.2) is 42.6 Å². The summed E-state index contributed by atoms with van der Waals surface area (Å²) in [4.78, 5) is 17.6. The molecule has 0 fully saturated rings. The molecule has 0 saturated heterocycles. The first-order chi connectivity index (χ1) is 9.34. The Kier molecular flexibility index (Phi) is 5.52. The molecule has 1 aromatic heterocycles. The number of nitrogens with zero attached hydrogens (tertiary/aromatic N) is 1. The number of hydroxylamine groups is 1. The maximum atomic E-state index is 11.5. The molecule has 1 N–H and O–H groups in total. The summed E-state index contributed by atoms with van der Waals surface area (Å²) in [6, 6.07) is 12.0. The molecule has 0 unspecified atom stereocenters. The van der Waals surface area contributed by atoms with Gasteiger partial charge in [-0.2, -0.15) is 0 Å². The molecule has 0 atom stereocenters. The molecule has 19 heavy (non-hydrogen) atoms. The van der Waals surface area contributed by atoms with Gasteiger partial charge in [0.05, 0.1) is 4.88 Å².